The van der Waals surface area contributed by atoms with Crippen LogP contribution in [0.2, 0.25) is 0 Å². The molecule has 2 aromatic heterocycles. The van der Waals surface area contributed by atoms with Crippen molar-refractivity contribution in [3.8, 4) is 0 Å². The van der Waals surface area contributed by atoms with E-state index in [4.69, 9.17) is 4.98 Å². The van der Waals surface area contributed by atoms with E-state index in [2.05, 4.69) is 27.8 Å². The largest absolute Gasteiger partial charge is 0.332 e. The van der Waals surface area contributed by atoms with E-state index < -0.39 is 0 Å². The van der Waals surface area contributed by atoms with Crippen LogP contribution in [0.1, 0.15) is 58.3 Å². The summed E-state index contributed by atoms with van der Waals surface area (Å²) in [6.07, 6.45) is 9.42. The summed E-state index contributed by atoms with van der Waals surface area (Å²) >= 11 is 3.47. The molecule has 32 heavy (non-hydrogen) atoms. The monoisotopic (exact) mass is 501 g/mol. The fourth-order valence-corrected chi connectivity index (χ4v) is 4.81. The first-order valence-corrected chi connectivity index (χ1v) is 12.6. The Balaban J connectivity index is 1.55. The zero-order valence-electron chi connectivity index (χ0n) is 19.0. The number of hydrogen-bond acceptors (Lipinski definition) is 4. The summed E-state index contributed by atoms with van der Waals surface area (Å²) in [6, 6.07) is 8.04. The number of nitrogens with zero attached hydrogens (tertiary/aromatic N) is 5. The molecular weight excluding hydrogens is 470 g/mol. The number of hydrogen-bond donors (Lipinski definition) is 0. The van der Waals surface area contributed by atoms with Gasteiger partial charge in [-0.2, -0.15) is 4.98 Å². The minimum atomic E-state index is -0.280. The normalized spacial score (nSPS) is 13.3. The highest BCUT2D eigenvalue weighted by atomic mass is 79.9. The minimum Gasteiger partial charge on any atom is -0.310 e. The van der Waals surface area contributed by atoms with Crippen LogP contribution in [0.4, 0.5) is 11.6 Å². The second kappa shape index (κ2) is 10.1. The third-order valence-electron chi connectivity index (χ3n) is 6.37. The highest BCUT2D eigenvalue weighted by Crippen LogP contribution is 2.32. The second-order valence-corrected chi connectivity index (χ2v) is 9.55. The van der Waals surface area contributed by atoms with E-state index in [1.54, 1.807) is 7.05 Å². The molecule has 0 aliphatic carbocycles. The number of rotatable bonds is 10. The third-order valence-corrected chi connectivity index (χ3v) is 6.90. The summed E-state index contributed by atoms with van der Waals surface area (Å²) in [7, 11) is 1.71. The molecular formula is C24H32BrN5O2. The van der Waals surface area contributed by atoms with Crippen molar-refractivity contribution in [2.24, 2.45) is 7.05 Å². The van der Waals surface area contributed by atoms with E-state index in [9.17, 15) is 9.59 Å². The highest BCUT2D eigenvalue weighted by Gasteiger charge is 2.28. The molecule has 0 unspecified atom stereocenters. The van der Waals surface area contributed by atoms with Crippen molar-refractivity contribution < 1.29 is 0 Å². The molecule has 0 spiro atoms. The summed E-state index contributed by atoms with van der Waals surface area (Å²) < 4.78 is 5.90. The van der Waals surface area contributed by atoms with Crippen LogP contribution in [0.25, 0.3) is 11.2 Å². The van der Waals surface area contributed by atoms with Gasteiger partial charge in [0.2, 0.25) is 5.95 Å². The van der Waals surface area contributed by atoms with Gasteiger partial charge in [-0.25, -0.2) is 4.79 Å². The molecule has 0 fully saturated rings. The van der Waals surface area contributed by atoms with Gasteiger partial charge in [0, 0.05) is 36.8 Å². The maximum absolute atomic E-state index is 13.3. The van der Waals surface area contributed by atoms with Crippen LogP contribution in [0.15, 0.2) is 38.3 Å². The molecule has 3 aromatic rings. The SMILES string of the molecule is CCCCCCCCCCn1c(=O)c2c(nc3n2CCN3c2ccc(Br)cc2)n(C)c1=O. The Bertz CT molecular complexity index is 1190. The molecule has 0 bridgehead atoms. The van der Waals surface area contributed by atoms with Crippen LogP contribution in [-0.2, 0) is 20.1 Å². The fourth-order valence-electron chi connectivity index (χ4n) is 4.54. The molecule has 0 saturated carbocycles. The first-order chi connectivity index (χ1) is 15.5. The van der Waals surface area contributed by atoms with Gasteiger partial charge >= 0.3 is 5.69 Å². The van der Waals surface area contributed by atoms with Crippen molar-refractivity contribution in [3.63, 3.8) is 0 Å². The molecule has 1 aliphatic rings. The number of halogens is 1. The lowest BCUT2D eigenvalue weighted by Crippen LogP contribution is -2.39. The van der Waals surface area contributed by atoms with Gasteiger partial charge in [0.1, 0.15) is 0 Å². The standard InChI is InChI=1S/C24H32BrN5O2/c1-3-4-5-6-7-8-9-10-15-30-22(31)20-21(27(2)24(30)32)26-23-28(16-17-29(20)23)19-13-11-18(25)12-14-19/h11-14H,3-10,15-17H2,1-2H3. The molecule has 1 aromatic carbocycles. The summed E-state index contributed by atoms with van der Waals surface area (Å²) in [5, 5.41) is 0. The first-order valence-electron chi connectivity index (χ1n) is 11.8. The van der Waals surface area contributed by atoms with Crippen LogP contribution in [0, 0.1) is 0 Å². The first kappa shape index (κ1) is 22.8. The number of unbranched alkanes of at least 4 members (excludes halogenated alkanes) is 7. The second-order valence-electron chi connectivity index (χ2n) is 8.64. The average Bonchev–Trinajstić information content (AvgIpc) is 3.36. The summed E-state index contributed by atoms with van der Waals surface area (Å²) in [5.41, 5.74) is 1.51. The molecule has 0 saturated heterocycles. The van der Waals surface area contributed by atoms with Crippen molar-refractivity contribution >= 4 is 38.7 Å². The Hall–Kier alpha value is -2.35. The number of aromatic nitrogens is 4. The molecule has 8 heteroatoms. The fraction of sp³-hybridized carbons (Fsp3) is 0.542. The molecule has 4 rings (SSSR count). The van der Waals surface area contributed by atoms with Gasteiger partial charge in [0.05, 0.1) is 0 Å². The summed E-state index contributed by atoms with van der Waals surface area (Å²) in [4.78, 5) is 33.0. The van der Waals surface area contributed by atoms with Gasteiger partial charge in [0.15, 0.2) is 11.2 Å². The van der Waals surface area contributed by atoms with Crippen molar-refractivity contribution in [2.75, 3.05) is 11.4 Å². The molecule has 0 atom stereocenters. The topological polar surface area (TPSA) is 65.1 Å². The molecule has 7 nitrogen and oxygen atoms in total. The zero-order chi connectivity index (χ0) is 22.7. The lowest BCUT2D eigenvalue weighted by atomic mass is 10.1. The lowest BCUT2D eigenvalue weighted by molar-refractivity contribution is 0.519. The van der Waals surface area contributed by atoms with E-state index in [0.29, 0.717) is 24.3 Å². The van der Waals surface area contributed by atoms with E-state index >= 15 is 0 Å². The number of aryl methyl sites for hydroxylation is 1. The predicted molar refractivity (Wildman–Crippen MR) is 133 cm³/mol. The summed E-state index contributed by atoms with van der Waals surface area (Å²) in [5.74, 6) is 0.722. The molecule has 1 aliphatic heterocycles. The molecule has 172 valence electrons. The van der Waals surface area contributed by atoms with E-state index in [0.717, 1.165) is 41.9 Å². The molecule has 0 N–H and O–H groups in total. The predicted octanol–water partition coefficient (Wildman–Crippen LogP) is 4.95. The Kier molecular flexibility index (Phi) is 7.18. The maximum atomic E-state index is 13.3. The highest BCUT2D eigenvalue weighted by molar-refractivity contribution is 9.10. The average molecular weight is 502 g/mol. The zero-order valence-corrected chi connectivity index (χ0v) is 20.6. The number of benzene rings is 1. The Morgan fingerprint density at radius 1 is 0.938 bits per heavy atom. The van der Waals surface area contributed by atoms with Gasteiger partial charge in [-0.05, 0) is 30.7 Å². The van der Waals surface area contributed by atoms with Gasteiger partial charge in [0.25, 0.3) is 5.56 Å². The van der Waals surface area contributed by atoms with E-state index in [1.165, 1.54) is 41.2 Å². The van der Waals surface area contributed by atoms with Crippen molar-refractivity contribution in [1.29, 1.82) is 0 Å². The molecule has 3 heterocycles. The van der Waals surface area contributed by atoms with Crippen molar-refractivity contribution in [2.45, 2.75) is 71.4 Å². The number of fused-ring (bicyclic) bond motifs is 3. The number of imidazole rings is 1. The van der Waals surface area contributed by atoms with Gasteiger partial charge in [-0.1, -0.05) is 67.8 Å². The lowest BCUT2D eigenvalue weighted by Gasteiger charge is -2.15. The smallest absolute Gasteiger partial charge is 0.310 e. The van der Waals surface area contributed by atoms with Gasteiger partial charge in [-0.15, -0.1) is 0 Å². The Morgan fingerprint density at radius 2 is 1.59 bits per heavy atom. The van der Waals surface area contributed by atoms with Crippen LogP contribution in [0.3, 0.4) is 0 Å². The molecule has 0 radical (unpaired) electrons. The quantitative estimate of drug-likeness (QED) is 0.368. The van der Waals surface area contributed by atoms with Crippen LogP contribution >= 0.6 is 15.9 Å². The Morgan fingerprint density at radius 3 is 2.28 bits per heavy atom. The van der Waals surface area contributed by atoms with Crippen LogP contribution in [0.5, 0.6) is 0 Å². The van der Waals surface area contributed by atoms with E-state index in [-0.39, 0.29) is 11.2 Å². The van der Waals surface area contributed by atoms with Crippen LogP contribution in [-0.4, -0.2) is 25.2 Å². The molecule has 0 amide bonds. The van der Waals surface area contributed by atoms with Crippen molar-refractivity contribution in [1.82, 2.24) is 18.7 Å². The Labute approximate surface area is 196 Å². The van der Waals surface area contributed by atoms with E-state index in [1.807, 2.05) is 28.8 Å². The minimum absolute atomic E-state index is 0.220. The van der Waals surface area contributed by atoms with Gasteiger partial charge in [-0.3, -0.25) is 13.9 Å². The number of anilines is 2. The van der Waals surface area contributed by atoms with Gasteiger partial charge < -0.3 is 9.47 Å². The third kappa shape index (κ3) is 4.42. The summed E-state index contributed by atoms with van der Waals surface area (Å²) in [6.45, 7) is 4.12. The maximum Gasteiger partial charge on any atom is 0.332 e. The van der Waals surface area contributed by atoms with Crippen molar-refractivity contribution in [3.05, 3.63) is 49.6 Å². The van der Waals surface area contributed by atoms with Crippen LogP contribution < -0.4 is 16.1 Å².